The molecule has 0 fully saturated rings. The fourth-order valence-electron chi connectivity index (χ4n) is 2.80. The maximum absolute atomic E-state index is 12.7. The molecule has 2 rings (SSSR count). The predicted molar refractivity (Wildman–Crippen MR) is 86.2 cm³/mol. The van der Waals surface area contributed by atoms with Crippen LogP contribution in [0.3, 0.4) is 0 Å². The Hall–Kier alpha value is -2.01. The summed E-state index contributed by atoms with van der Waals surface area (Å²) in [4.78, 5) is 23.8. The number of aromatic nitrogens is 1. The molecule has 1 aromatic carbocycles. The second-order valence-corrected chi connectivity index (χ2v) is 5.81. The summed E-state index contributed by atoms with van der Waals surface area (Å²) in [5, 5.41) is 9.68. The number of hydrogen-bond donors (Lipinski definition) is 1. The molecule has 0 spiro atoms. The molecule has 0 saturated carbocycles. The molecule has 1 N–H and O–H groups in total. The van der Waals surface area contributed by atoms with Gasteiger partial charge in [0.1, 0.15) is 5.75 Å². The van der Waals surface area contributed by atoms with Crippen LogP contribution in [0, 0.1) is 6.92 Å². The van der Waals surface area contributed by atoms with Gasteiger partial charge >= 0.3 is 5.97 Å². The zero-order valence-electron chi connectivity index (χ0n) is 12.9. The summed E-state index contributed by atoms with van der Waals surface area (Å²) in [6.45, 7) is 5.67. The van der Waals surface area contributed by atoms with Crippen molar-refractivity contribution in [3.63, 3.8) is 0 Å². The molecular formula is C16H18ClNO4. The number of aliphatic carboxylic acids is 1. The van der Waals surface area contributed by atoms with Gasteiger partial charge in [-0.1, -0.05) is 11.6 Å². The molecule has 0 aliphatic carbocycles. The Morgan fingerprint density at radius 1 is 1.41 bits per heavy atom. The lowest BCUT2D eigenvalue weighted by Crippen LogP contribution is -2.23. The van der Waals surface area contributed by atoms with Gasteiger partial charge in [0.15, 0.2) is 5.43 Å². The van der Waals surface area contributed by atoms with E-state index in [-0.39, 0.29) is 23.5 Å². The monoisotopic (exact) mass is 323 g/mol. The summed E-state index contributed by atoms with van der Waals surface area (Å²) in [5.41, 5.74) is 1.12. The minimum Gasteiger partial charge on any atom is -0.495 e. The molecule has 5 nitrogen and oxygen atoms in total. The highest BCUT2D eigenvalue weighted by Gasteiger charge is 2.21. The molecule has 0 aliphatic heterocycles. The van der Waals surface area contributed by atoms with Crippen LogP contribution in [-0.2, 0) is 11.2 Å². The number of rotatable bonds is 4. The van der Waals surface area contributed by atoms with Crippen molar-refractivity contribution in [1.29, 1.82) is 0 Å². The van der Waals surface area contributed by atoms with Crippen molar-refractivity contribution in [3.05, 3.63) is 38.6 Å². The molecule has 0 atom stereocenters. The van der Waals surface area contributed by atoms with Crippen LogP contribution in [-0.4, -0.2) is 22.8 Å². The number of fused-ring (bicyclic) bond motifs is 1. The van der Waals surface area contributed by atoms with Crippen LogP contribution >= 0.6 is 11.6 Å². The third-order valence-corrected chi connectivity index (χ3v) is 4.01. The molecule has 0 amide bonds. The largest absolute Gasteiger partial charge is 0.495 e. The predicted octanol–water partition coefficient (Wildman–Crippen LogP) is 3.18. The van der Waals surface area contributed by atoms with Gasteiger partial charge in [0, 0.05) is 17.3 Å². The Balaban J connectivity index is 3.08. The molecule has 118 valence electrons. The lowest BCUT2D eigenvalue weighted by molar-refractivity contribution is -0.136. The summed E-state index contributed by atoms with van der Waals surface area (Å²) >= 11 is 6.21. The van der Waals surface area contributed by atoms with E-state index < -0.39 is 5.97 Å². The molecule has 0 aliphatic rings. The third-order valence-electron chi connectivity index (χ3n) is 3.69. The van der Waals surface area contributed by atoms with E-state index in [9.17, 15) is 9.59 Å². The SMILES string of the molecule is COc1ccc(Cl)c2c(=O)c(CC(=O)O)c(C)n(C(C)C)c12. The third kappa shape index (κ3) is 2.57. The van der Waals surface area contributed by atoms with E-state index in [1.165, 1.54) is 7.11 Å². The average Bonchev–Trinajstić information content (AvgIpc) is 2.43. The van der Waals surface area contributed by atoms with Crippen molar-refractivity contribution in [1.82, 2.24) is 4.57 Å². The molecule has 0 radical (unpaired) electrons. The van der Waals surface area contributed by atoms with Gasteiger partial charge in [0.25, 0.3) is 0 Å². The van der Waals surface area contributed by atoms with Gasteiger partial charge in [-0.25, -0.2) is 0 Å². The zero-order valence-corrected chi connectivity index (χ0v) is 13.7. The van der Waals surface area contributed by atoms with Crippen molar-refractivity contribution in [2.24, 2.45) is 0 Å². The molecule has 1 aromatic heterocycles. The van der Waals surface area contributed by atoms with E-state index in [0.717, 1.165) is 0 Å². The van der Waals surface area contributed by atoms with Gasteiger partial charge in [0.2, 0.25) is 0 Å². The lowest BCUT2D eigenvalue weighted by Gasteiger charge is -2.23. The van der Waals surface area contributed by atoms with Crippen LogP contribution in [0.15, 0.2) is 16.9 Å². The van der Waals surface area contributed by atoms with Crippen molar-refractivity contribution in [3.8, 4) is 5.75 Å². The highest BCUT2D eigenvalue weighted by Crippen LogP contribution is 2.33. The fraction of sp³-hybridized carbons (Fsp3) is 0.375. The van der Waals surface area contributed by atoms with E-state index in [1.54, 1.807) is 19.1 Å². The van der Waals surface area contributed by atoms with Crippen LogP contribution < -0.4 is 10.2 Å². The first-order chi connectivity index (χ1) is 10.3. The number of carboxylic acids is 1. The van der Waals surface area contributed by atoms with E-state index in [4.69, 9.17) is 21.4 Å². The summed E-state index contributed by atoms with van der Waals surface area (Å²) in [7, 11) is 1.53. The van der Waals surface area contributed by atoms with Crippen molar-refractivity contribution in [2.75, 3.05) is 7.11 Å². The van der Waals surface area contributed by atoms with Crippen molar-refractivity contribution < 1.29 is 14.6 Å². The minimum absolute atomic E-state index is 0.0167. The Labute approximate surface area is 133 Å². The van der Waals surface area contributed by atoms with E-state index in [0.29, 0.717) is 27.4 Å². The summed E-state index contributed by atoms with van der Waals surface area (Å²) in [5.74, 6) is -0.510. The normalized spacial score (nSPS) is 11.2. The van der Waals surface area contributed by atoms with E-state index in [2.05, 4.69) is 0 Å². The molecule has 0 saturated heterocycles. The second kappa shape index (κ2) is 6.01. The number of carboxylic acid groups (broad SMARTS) is 1. The van der Waals surface area contributed by atoms with Crippen LogP contribution in [0.1, 0.15) is 31.1 Å². The van der Waals surface area contributed by atoms with E-state index >= 15 is 0 Å². The van der Waals surface area contributed by atoms with Crippen molar-refractivity contribution in [2.45, 2.75) is 33.2 Å². The number of pyridine rings is 1. The molecule has 22 heavy (non-hydrogen) atoms. The topological polar surface area (TPSA) is 68.5 Å². The van der Waals surface area contributed by atoms with Gasteiger partial charge in [-0.2, -0.15) is 0 Å². The van der Waals surface area contributed by atoms with Gasteiger partial charge in [0.05, 0.1) is 29.5 Å². The standard InChI is InChI=1S/C16H18ClNO4/c1-8(2)18-9(3)10(7-13(19)20)16(21)14-11(17)5-6-12(22-4)15(14)18/h5-6,8H,7H2,1-4H3,(H,19,20). The smallest absolute Gasteiger partial charge is 0.308 e. The molecule has 0 unspecified atom stereocenters. The first-order valence-electron chi connectivity index (χ1n) is 6.91. The Morgan fingerprint density at radius 3 is 2.55 bits per heavy atom. The van der Waals surface area contributed by atoms with Crippen LogP contribution in [0.4, 0.5) is 0 Å². The van der Waals surface area contributed by atoms with Gasteiger partial charge in [-0.05, 0) is 32.9 Å². The molecule has 6 heteroatoms. The zero-order chi connectivity index (χ0) is 16.6. The minimum atomic E-state index is -1.05. The molecule has 1 heterocycles. The highest BCUT2D eigenvalue weighted by atomic mass is 35.5. The van der Waals surface area contributed by atoms with Crippen LogP contribution in [0.25, 0.3) is 10.9 Å². The van der Waals surface area contributed by atoms with Gasteiger partial charge in [-0.3, -0.25) is 9.59 Å². The first kappa shape index (κ1) is 16.4. The number of methoxy groups -OCH3 is 1. The maximum atomic E-state index is 12.7. The quantitative estimate of drug-likeness (QED) is 0.938. The Bertz CT molecular complexity index is 808. The summed E-state index contributed by atoms with van der Waals surface area (Å²) in [6, 6.07) is 3.32. The van der Waals surface area contributed by atoms with Gasteiger partial charge in [-0.15, -0.1) is 0 Å². The number of ether oxygens (including phenoxy) is 1. The maximum Gasteiger partial charge on any atom is 0.308 e. The molecule has 0 bridgehead atoms. The van der Waals surface area contributed by atoms with Crippen molar-refractivity contribution >= 4 is 28.5 Å². The first-order valence-corrected chi connectivity index (χ1v) is 7.29. The number of benzene rings is 1. The number of carbonyl (C=O) groups is 1. The van der Waals surface area contributed by atoms with Crippen LogP contribution in [0.5, 0.6) is 5.75 Å². The molecule has 2 aromatic rings. The average molecular weight is 324 g/mol. The lowest BCUT2D eigenvalue weighted by atomic mass is 10.0. The Morgan fingerprint density at radius 2 is 2.05 bits per heavy atom. The second-order valence-electron chi connectivity index (χ2n) is 5.40. The highest BCUT2D eigenvalue weighted by molar-refractivity contribution is 6.35. The molecular weight excluding hydrogens is 306 g/mol. The summed E-state index contributed by atoms with van der Waals surface area (Å²) < 4.78 is 7.27. The number of hydrogen-bond acceptors (Lipinski definition) is 3. The van der Waals surface area contributed by atoms with E-state index in [1.807, 2.05) is 18.4 Å². The fourth-order valence-corrected chi connectivity index (χ4v) is 3.04. The summed E-state index contributed by atoms with van der Waals surface area (Å²) in [6.07, 6.45) is -0.332. The van der Waals surface area contributed by atoms with Gasteiger partial charge < -0.3 is 14.4 Å². The number of nitrogens with zero attached hydrogens (tertiary/aromatic N) is 1. The number of halogens is 1. The Kier molecular flexibility index (Phi) is 4.47. The van der Waals surface area contributed by atoms with Crippen LogP contribution in [0.2, 0.25) is 5.02 Å².